The van der Waals surface area contributed by atoms with Gasteiger partial charge in [0.15, 0.2) is 0 Å². The highest BCUT2D eigenvalue weighted by atomic mass is 16.5. The molecular formula is C55H42N6O. The van der Waals surface area contributed by atoms with Gasteiger partial charge in [-0.05, 0) is 89.8 Å². The molecule has 7 nitrogen and oxygen atoms in total. The summed E-state index contributed by atoms with van der Waals surface area (Å²) in [5, 5.41) is 7.12. The van der Waals surface area contributed by atoms with Gasteiger partial charge in [-0.1, -0.05) is 99.6 Å². The van der Waals surface area contributed by atoms with Crippen molar-refractivity contribution in [2.45, 2.75) is 26.2 Å². The molecule has 0 spiro atoms. The lowest BCUT2D eigenvalue weighted by atomic mass is 9.88. The monoisotopic (exact) mass is 802 g/mol. The van der Waals surface area contributed by atoms with E-state index < -0.39 is 0 Å². The molecule has 62 heavy (non-hydrogen) atoms. The number of para-hydroxylation sites is 4. The fraction of sp³-hybridized carbons (Fsp3) is 0.0909. The highest BCUT2D eigenvalue weighted by Crippen LogP contribution is 2.49. The van der Waals surface area contributed by atoms with E-state index in [-0.39, 0.29) is 5.41 Å². The molecule has 12 rings (SSSR count). The molecule has 298 valence electrons. The largest absolute Gasteiger partial charge is 0.458 e. The molecule has 0 atom stereocenters. The van der Waals surface area contributed by atoms with Crippen molar-refractivity contribution in [2.24, 2.45) is 7.05 Å². The average Bonchev–Trinajstić information content (AvgIpc) is 4.08. The van der Waals surface area contributed by atoms with Gasteiger partial charge in [0, 0.05) is 75.2 Å². The summed E-state index contributed by atoms with van der Waals surface area (Å²) in [5.41, 5.74) is 11.1. The predicted octanol–water partition coefficient (Wildman–Crippen LogP) is 12.9. The van der Waals surface area contributed by atoms with Crippen molar-refractivity contribution < 1.29 is 9.30 Å². The summed E-state index contributed by atoms with van der Waals surface area (Å²) in [6.45, 7) is 6.78. The number of imidazole rings is 1. The van der Waals surface area contributed by atoms with Crippen LogP contribution in [-0.2, 0) is 12.5 Å². The first kappa shape index (κ1) is 36.0. The van der Waals surface area contributed by atoms with Gasteiger partial charge < -0.3 is 13.9 Å². The van der Waals surface area contributed by atoms with E-state index in [0.29, 0.717) is 0 Å². The van der Waals surface area contributed by atoms with Crippen LogP contribution in [0.1, 0.15) is 26.3 Å². The van der Waals surface area contributed by atoms with Gasteiger partial charge in [0.25, 0.3) is 6.33 Å². The summed E-state index contributed by atoms with van der Waals surface area (Å²) in [6.07, 6.45) is 9.43. The third-order valence-electron chi connectivity index (χ3n) is 12.4. The Kier molecular flexibility index (Phi) is 7.87. The maximum atomic E-state index is 6.81. The van der Waals surface area contributed by atoms with Gasteiger partial charge in [0.1, 0.15) is 17.3 Å². The first-order chi connectivity index (χ1) is 30.3. The van der Waals surface area contributed by atoms with Crippen LogP contribution in [-0.4, -0.2) is 23.3 Å². The predicted molar refractivity (Wildman–Crippen MR) is 252 cm³/mol. The van der Waals surface area contributed by atoms with Crippen molar-refractivity contribution in [2.75, 3.05) is 0 Å². The van der Waals surface area contributed by atoms with Crippen molar-refractivity contribution >= 4 is 65.4 Å². The Morgan fingerprint density at radius 1 is 0.548 bits per heavy atom. The Hall–Kier alpha value is -7.90. The molecule has 0 amide bonds. The Morgan fingerprint density at radius 3 is 1.98 bits per heavy atom. The summed E-state index contributed by atoms with van der Waals surface area (Å²) in [7, 11) is 2.21. The van der Waals surface area contributed by atoms with E-state index in [1.54, 1.807) is 0 Å². The number of nitrogens with zero attached hydrogens (tertiary/aromatic N) is 6. The van der Waals surface area contributed by atoms with Crippen LogP contribution < -0.4 is 9.30 Å². The summed E-state index contributed by atoms with van der Waals surface area (Å²) in [6, 6.07) is 57.8. The smallest absolute Gasteiger partial charge is 0.268 e. The fourth-order valence-electron chi connectivity index (χ4n) is 9.56. The zero-order chi connectivity index (χ0) is 41.7. The highest BCUT2D eigenvalue weighted by Gasteiger charge is 2.28. The quantitative estimate of drug-likeness (QED) is 0.124. The highest BCUT2D eigenvalue weighted by molar-refractivity contribution is 6.40. The van der Waals surface area contributed by atoms with Crippen LogP contribution >= 0.6 is 0 Å². The number of benzene rings is 7. The minimum absolute atomic E-state index is 0.0849. The number of pyridine rings is 1. The SMILES string of the molecule is Cn1c2ccccc2c2c1c1c(c3ccccc3n1-c1ccccc1)c1c3ccc(Oc4cccc(-[n+]5[c-]n(-c6ccccc6)cc5)c4)cc3n(-c3cc(C(C)(C)C)ccn3)c12. The van der Waals surface area contributed by atoms with Crippen LogP contribution in [0.15, 0.2) is 182 Å². The summed E-state index contributed by atoms with van der Waals surface area (Å²) >= 11 is 0. The average molecular weight is 803 g/mol. The second-order valence-electron chi connectivity index (χ2n) is 17.2. The Bertz CT molecular complexity index is 3710. The van der Waals surface area contributed by atoms with Crippen LogP contribution in [0.4, 0.5) is 0 Å². The molecule has 0 saturated heterocycles. The van der Waals surface area contributed by atoms with Gasteiger partial charge in [0.2, 0.25) is 0 Å². The molecule has 0 N–H and O–H groups in total. The molecule has 0 unspecified atom stereocenters. The molecule has 7 aromatic carbocycles. The number of aromatic nitrogens is 6. The summed E-state index contributed by atoms with van der Waals surface area (Å²) < 4.78 is 18.0. The number of aryl methyl sites for hydroxylation is 1. The molecule has 0 bridgehead atoms. The molecule has 0 aliphatic carbocycles. The lowest BCUT2D eigenvalue weighted by Gasteiger charge is -2.20. The van der Waals surface area contributed by atoms with E-state index in [1.807, 2.05) is 58.1 Å². The Balaban J connectivity index is 1.16. The normalized spacial score (nSPS) is 12.2. The van der Waals surface area contributed by atoms with Gasteiger partial charge in [-0.2, -0.15) is 0 Å². The number of rotatable bonds is 6. The van der Waals surface area contributed by atoms with Crippen LogP contribution in [0.5, 0.6) is 11.5 Å². The molecule has 0 aliphatic heterocycles. The van der Waals surface area contributed by atoms with E-state index >= 15 is 0 Å². The topological polar surface area (TPSA) is 45.7 Å². The van der Waals surface area contributed by atoms with E-state index in [0.717, 1.165) is 56.3 Å². The van der Waals surface area contributed by atoms with E-state index in [1.165, 1.54) is 49.0 Å². The maximum Gasteiger partial charge on any atom is 0.268 e. The first-order valence-corrected chi connectivity index (χ1v) is 21.1. The van der Waals surface area contributed by atoms with Gasteiger partial charge >= 0.3 is 0 Å². The van der Waals surface area contributed by atoms with Crippen LogP contribution in [0.2, 0.25) is 0 Å². The number of ether oxygens (including phenoxy) is 1. The van der Waals surface area contributed by atoms with Gasteiger partial charge in [-0.15, -0.1) is 0 Å². The number of fused-ring (bicyclic) bond motifs is 12. The number of hydrogen-bond donors (Lipinski definition) is 0. The zero-order valence-electron chi connectivity index (χ0n) is 34.9. The molecular weight excluding hydrogens is 761 g/mol. The van der Waals surface area contributed by atoms with Crippen molar-refractivity contribution in [3.8, 4) is 34.4 Å². The first-order valence-electron chi connectivity index (χ1n) is 21.1. The Morgan fingerprint density at radius 2 is 1.21 bits per heavy atom. The van der Waals surface area contributed by atoms with Crippen molar-refractivity contribution in [1.82, 2.24) is 23.3 Å². The molecule has 12 aromatic rings. The third kappa shape index (κ3) is 5.44. The minimum Gasteiger partial charge on any atom is -0.458 e. The molecule has 0 aliphatic rings. The van der Waals surface area contributed by atoms with Crippen molar-refractivity contribution in [3.05, 3.63) is 194 Å². The van der Waals surface area contributed by atoms with Crippen molar-refractivity contribution in [1.29, 1.82) is 0 Å². The van der Waals surface area contributed by atoms with Crippen LogP contribution in [0.3, 0.4) is 0 Å². The maximum absolute atomic E-state index is 6.81. The number of hydrogen-bond acceptors (Lipinski definition) is 2. The van der Waals surface area contributed by atoms with E-state index in [4.69, 9.17) is 9.72 Å². The van der Waals surface area contributed by atoms with Gasteiger partial charge in [-0.3, -0.25) is 13.7 Å². The van der Waals surface area contributed by atoms with Gasteiger partial charge in [-0.25, -0.2) is 4.98 Å². The molecule has 5 heterocycles. The molecule has 0 fully saturated rings. The Labute approximate surface area is 358 Å². The zero-order valence-corrected chi connectivity index (χ0v) is 34.9. The molecule has 0 saturated carbocycles. The summed E-state index contributed by atoms with van der Waals surface area (Å²) in [4.78, 5) is 5.17. The lowest BCUT2D eigenvalue weighted by molar-refractivity contribution is -0.599. The fourth-order valence-corrected chi connectivity index (χ4v) is 9.56. The van der Waals surface area contributed by atoms with Gasteiger partial charge in [0.05, 0.1) is 39.0 Å². The minimum atomic E-state index is -0.0849. The molecule has 5 aromatic heterocycles. The molecule has 0 radical (unpaired) electrons. The molecule has 7 heteroatoms. The lowest BCUT2D eigenvalue weighted by Crippen LogP contribution is -2.28. The second-order valence-corrected chi connectivity index (χ2v) is 17.2. The second kappa shape index (κ2) is 13.6. The van der Waals surface area contributed by atoms with Crippen LogP contribution in [0, 0.1) is 6.33 Å². The van der Waals surface area contributed by atoms with Crippen molar-refractivity contribution in [3.63, 3.8) is 0 Å². The van der Waals surface area contributed by atoms with Crippen LogP contribution in [0.25, 0.3) is 88.3 Å². The third-order valence-corrected chi connectivity index (χ3v) is 12.4. The van der Waals surface area contributed by atoms with E-state index in [2.05, 4.69) is 181 Å². The van der Waals surface area contributed by atoms with E-state index in [9.17, 15) is 0 Å². The summed E-state index contributed by atoms with van der Waals surface area (Å²) in [5.74, 6) is 2.33. The standard InChI is InChI=1S/C55H42N6O/c1-55(2,3)36-28-29-56-48(32-36)61-47-34-41(62-40-21-15-20-39(33-40)59-31-30-58(35-59)37-16-7-5-8-17-37)26-27-44(47)49-50-43-23-12-14-25-46(43)60(38-18-9-6-10-19-38)54(50)53-51(52(49)61)42-22-11-13-24-45(42)57(53)4/h5-34H,1-4H3.